The smallest absolute Gasteiger partial charge is 0.330 e. The lowest BCUT2D eigenvalue weighted by Gasteiger charge is -2.61. The molecule has 1 saturated heterocycles. The van der Waals surface area contributed by atoms with E-state index < -0.39 is 21.1 Å². The first-order valence-corrected chi connectivity index (χ1v) is 12.7. The van der Waals surface area contributed by atoms with Gasteiger partial charge in [-0.3, -0.25) is 0 Å². The highest BCUT2D eigenvalue weighted by Crippen LogP contribution is 2.58. The molecule has 0 radical (unpaired) electrons. The molecular formula is C22H26F3N3O3S. The standard InChI is InChI=1S/C22H26F3N3O3S/c23-22(24,25)32(30,31)27-20-7-13-5-16(10-20)18(17(6-13)11-20)28-12-21(26-19(28)29)8-14-3-1-2-4-15(14)9-21/h1-4,13,16-18,27H,5-12H2,(H,26,29). The summed E-state index contributed by atoms with van der Waals surface area (Å²) in [6.07, 6.45) is 4.42. The Hall–Kier alpha value is -1.81. The molecule has 5 fully saturated rings. The van der Waals surface area contributed by atoms with Crippen LogP contribution in [0.25, 0.3) is 0 Å². The van der Waals surface area contributed by atoms with Crippen LogP contribution in [0.15, 0.2) is 24.3 Å². The Balaban J connectivity index is 1.24. The van der Waals surface area contributed by atoms with Gasteiger partial charge in [-0.05, 0) is 73.8 Å². The number of halogens is 3. The van der Waals surface area contributed by atoms with Crippen LogP contribution in [0.4, 0.5) is 18.0 Å². The highest BCUT2D eigenvalue weighted by Gasteiger charge is 2.62. The molecule has 2 atom stereocenters. The summed E-state index contributed by atoms with van der Waals surface area (Å²) in [5.41, 5.74) is -4.18. The lowest BCUT2D eigenvalue weighted by Crippen LogP contribution is -2.67. The van der Waals surface area contributed by atoms with Gasteiger partial charge in [0.1, 0.15) is 0 Å². The molecule has 4 saturated carbocycles. The lowest BCUT2D eigenvalue weighted by atomic mass is 9.51. The second kappa shape index (κ2) is 6.40. The fourth-order valence-electron chi connectivity index (χ4n) is 7.85. The minimum absolute atomic E-state index is 0.0156. The summed E-state index contributed by atoms with van der Waals surface area (Å²) < 4.78 is 65.0. The summed E-state index contributed by atoms with van der Waals surface area (Å²) in [6.45, 7) is 0.587. The van der Waals surface area contributed by atoms with Gasteiger partial charge in [0.25, 0.3) is 0 Å². The number of amides is 2. The van der Waals surface area contributed by atoms with E-state index in [1.54, 1.807) is 0 Å². The molecule has 2 unspecified atom stereocenters. The predicted molar refractivity (Wildman–Crippen MR) is 110 cm³/mol. The Morgan fingerprint density at radius 3 is 2.19 bits per heavy atom. The number of sulfonamides is 1. The zero-order valence-electron chi connectivity index (χ0n) is 17.5. The van der Waals surface area contributed by atoms with Crippen molar-refractivity contribution >= 4 is 16.1 Å². The number of benzene rings is 1. The van der Waals surface area contributed by atoms with Gasteiger partial charge in [0.2, 0.25) is 0 Å². The van der Waals surface area contributed by atoms with Gasteiger partial charge in [-0.15, -0.1) is 0 Å². The number of nitrogens with one attached hydrogen (secondary N) is 2. The number of fused-ring (bicyclic) bond motifs is 1. The molecule has 1 aliphatic heterocycles. The predicted octanol–water partition coefficient (Wildman–Crippen LogP) is 2.94. The van der Waals surface area contributed by atoms with Gasteiger partial charge in [0.05, 0.1) is 5.54 Å². The quantitative estimate of drug-likeness (QED) is 0.715. The van der Waals surface area contributed by atoms with Gasteiger partial charge >= 0.3 is 21.6 Å². The van der Waals surface area contributed by atoms with Crippen LogP contribution < -0.4 is 10.0 Å². The third-order valence-corrected chi connectivity index (χ3v) is 9.83. The summed E-state index contributed by atoms with van der Waals surface area (Å²) in [5, 5.41) is 3.23. The number of carbonyl (C=O) groups excluding carboxylic acids is 1. The number of carbonyl (C=O) groups is 1. The second-order valence-corrected chi connectivity index (χ2v) is 12.4. The van der Waals surface area contributed by atoms with E-state index in [2.05, 4.69) is 22.2 Å². The second-order valence-electron chi connectivity index (χ2n) is 10.8. The van der Waals surface area contributed by atoms with Gasteiger partial charge in [0.15, 0.2) is 0 Å². The maximum absolute atomic E-state index is 13.1. The summed E-state index contributed by atoms with van der Waals surface area (Å²) >= 11 is 0. The average molecular weight is 470 g/mol. The molecule has 1 heterocycles. The number of hydrogen-bond donors (Lipinski definition) is 2. The number of alkyl halides is 3. The van der Waals surface area contributed by atoms with Crippen molar-refractivity contribution in [2.75, 3.05) is 6.54 Å². The van der Waals surface area contributed by atoms with Crippen molar-refractivity contribution in [3.63, 3.8) is 0 Å². The van der Waals surface area contributed by atoms with Crippen molar-refractivity contribution in [3.8, 4) is 0 Å². The number of urea groups is 1. The third kappa shape index (κ3) is 3.01. The number of hydrogen-bond acceptors (Lipinski definition) is 3. The van der Waals surface area contributed by atoms with Crippen molar-refractivity contribution in [1.29, 1.82) is 0 Å². The van der Waals surface area contributed by atoms with Crippen LogP contribution in [-0.2, 0) is 22.9 Å². The summed E-state index contributed by atoms with van der Waals surface area (Å²) in [6, 6.07) is 8.06. The molecule has 0 aromatic heterocycles. The Labute approximate surface area is 185 Å². The molecule has 1 aromatic rings. The van der Waals surface area contributed by atoms with Crippen LogP contribution >= 0.6 is 0 Å². The lowest BCUT2D eigenvalue weighted by molar-refractivity contribution is -0.0733. The normalized spacial score (nSPS) is 37.2. The first kappa shape index (κ1) is 20.8. The maximum Gasteiger partial charge on any atom is 0.511 e. The summed E-state index contributed by atoms with van der Waals surface area (Å²) in [5.74, 6) is 0.235. The Morgan fingerprint density at radius 2 is 1.62 bits per heavy atom. The van der Waals surface area contributed by atoms with Crippen LogP contribution in [0.5, 0.6) is 0 Å². The molecule has 4 bridgehead atoms. The van der Waals surface area contributed by atoms with Crippen LogP contribution in [0, 0.1) is 17.8 Å². The molecular weight excluding hydrogens is 443 g/mol. The van der Waals surface area contributed by atoms with Gasteiger partial charge in [-0.1, -0.05) is 24.3 Å². The monoisotopic (exact) mass is 469 g/mol. The molecule has 6 nitrogen and oxygen atoms in total. The van der Waals surface area contributed by atoms with Gasteiger partial charge in [0, 0.05) is 18.1 Å². The summed E-state index contributed by atoms with van der Waals surface area (Å²) in [4.78, 5) is 15.0. The minimum atomic E-state index is -5.40. The van der Waals surface area contributed by atoms with E-state index in [0.717, 1.165) is 25.7 Å². The number of rotatable bonds is 3. The first-order valence-electron chi connectivity index (χ1n) is 11.2. The fraction of sp³-hybridized carbons (Fsp3) is 0.682. The van der Waals surface area contributed by atoms with Crippen molar-refractivity contribution in [2.24, 2.45) is 17.8 Å². The van der Waals surface area contributed by atoms with Gasteiger partial charge in [-0.25, -0.2) is 17.9 Å². The van der Waals surface area contributed by atoms with E-state index in [1.165, 1.54) is 11.1 Å². The highest BCUT2D eigenvalue weighted by molar-refractivity contribution is 7.90. The van der Waals surface area contributed by atoms with E-state index in [9.17, 15) is 26.4 Å². The van der Waals surface area contributed by atoms with Crippen molar-refractivity contribution in [2.45, 2.75) is 67.6 Å². The molecule has 2 N–H and O–H groups in total. The maximum atomic E-state index is 13.1. The molecule has 174 valence electrons. The van der Waals surface area contributed by atoms with Crippen LogP contribution in [0.1, 0.15) is 43.2 Å². The molecule has 1 spiro atoms. The van der Waals surface area contributed by atoms with E-state index >= 15 is 0 Å². The molecule has 32 heavy (non-hydrogen) atoms. The molecule has 6 aliphatic rings. The van der Waals surface area contributed by atoms with E-state index in [4.69, 9.17) is 0 Å². The minimum Gasteiger partial charge on any atom is -0.330 e. The topological polar surface area (TPSA) is 78.5 Å². The van der Waals surface area contributed by atoms with Gasteiger partial charge < -0.3 is 10.2 Å². The van der Waals surface area contributed by atoms with Crippen molar-refractivity contribution < 1.29 is 26.4 Å². The molecule has 10 heteroatoms. The highest BCUT2D eigenvalue weighted by atomic mass is 32.2. The van der Waals surface area contributed by atoms with E-state index in [0.29, 0.717) is 25.8 Å². The first-order chi connectivity index (χ1) is 15.0. The fourth-order valence-corrected chi connectivity index (χ4v) is 8.78. The average Bonchev–Trinajstić information content (AvgIpc) is 3.17. The molecule has 5 aliphatic carbocycles. The van der Waals surface area contributed by atoms with E-state index in [-0.39, 0.29) is 35.4 Å². The third-order valence-electron chi connectivity index (χ3n) is 8.52. The largest absolute Gasteiger partial charge is 0.511 e. The summed E-state index contributed by atoms with van der Waals surface area (Å²) in [7, 11) is -5.40. The number of nitrogens with zero attached hydrogens (tertiary/aromatic N) is 1. The Bertz CT molecular complexity index is 1050. The van der Waals surface area contributed by atoms with Crippen LogP contribution in [0.2, 0.25) is 0 Å². The van der Waals surface area contributed by atoms with Crippen LogP contribution in [0.3, 0.4) is 0 Å². The zero-order valence-corrected chi connectivity index (χ0v) is 18.3. The van der Waals surface area contributed by atoms with E-state index in [1.807, 2.05) is 17.0 Å². The Morgan fingerprint density at radius 1 is 1.03 bits per heavy atom. The molecule has 2 amide bonds. The SMILES string of the molecule is O=C1NC2(Cc3ccccc3C2)CN1C1C2CC3CC1CC(NS(=O)(=O)C(F)(F)F)(C3)C2. The van der Waals surface area contributed by atoms with Gasteiger partial charge in [-0.2, -0.15) is 13.2 Å². The Kier molecular flexibility index (Phi) is 4.16. The van der Waals surface area contributed by atoms with Crippen molar-refractivity contribution in [3.05, 3.63) is 35.4 Å². The molecule has 7 rings (SSSR count). The molecule has 1 aromatic carbocycles. The zero-order chi connectivity index (χ0) is 22.5. The van der Waals surface area contributed by atoms with Crippen LogP contribution in [-0.4, -0.2) is 48.5 Å². The van der Waals surface area contributed by atoms with Crippen molar-refractivity contribution in [1.82, 2.24) is 14.9 Å².